The van der Waals surface area contributed by atoms with Crippen molar-refractivity contribution in [2.24, 2.45) is 0 Å². The van der Waals surface area contributed by atoms with Gasteiger partial charge in [0.05, 0.1) is 0 Å². The zero-order chi connectivity index (χ0) is 11.6. The van der Waals surface area contributed by atoms with E-state index in [0.717, 1.165) is 29.2 Å². The van der Waals surface area contributed by atoms with Gasteiger partial charge in [0.1, 0.15) is 11.9 Å². The maximum atomic E-state index is 12.6. The van der Waals surface area contributed by atoms with Gasteiger partial charge in [0.25, 0.3) is 0 Å². The minimum atomic E-state index is -4.36. The van der Waals surface area contributed by atoms with E-state index < -0.39 is 18.0 Å². The Morgan fingerprint density at radius 1 is 1.07 bits per heavy atom. The molecule has 0 aromatic heterocycles. The lowest BCUT2D eigenvalue weighted by Crippen LogP contribution is -2.33. The standard InChI is InChI=1S/C10H11F4N/c1-15(2)9(10(12,13)14)7-3-5-8(11)6-4-7/h3-6,9H,1-2H3. The molecule has 0 aliphatic rings. The second kappa shape index (κ2) is 4.18. The maximum Gasteiger partial charge on any atom is 0.408 e. The first kappa shape index (κ1) is 12.0. The third kappa shape index (κ3) is 2.92. The summed E-state index contributed by atoms with van der Waals surface area (Å²) in [6.45, 7) is 0. The Balaban J connectivity index is 3.05. The van der Waals surface area contributed by atoms with Gasteiger partial charge < -0.3 is 0 Å². The molecular formula is C10H11F4N. The van der Waals surface area contributed by atoms with Crippen molar-refractivity contribution < 1.29 is 17.6 Å². The van der Waals surface area contributed by atoms with Crippen LogP contribution < -0.4 is 0 Å². The quantitative estimate of drug-likeness (QED) is 0.694. The highest BCUT2D eigenvalue weighted by Gasteiger charge is 2.42. The molecule has 0 fully saturated rings. The van der Waals surface area contributed by atoms with E-state index in [9.17, 15) is 17.6 Å². The van der Waals surface area contributed by atoms with Crippen molar-refractivity contribution in [3.05, 3.63) is 35.6 Å². The van der Waals surface area contributed by atoms with E-state index in [4.69, 9.17) is 0 Å². The zero-order valence-electron chi connectivity index (χ0n) is 8.35. The first-order chi connectivity index (χ1) is 6.82. The molecule has 0 aliphatic carbocycles. The van der Waals surface area contributed by atoms with Gasteiger partial charge in [0.15, 0.2) is 0 Å². The fourth-order valence-corrected chi connectivity index (χ4v) is 1.42. The molecule has 1 nitrogen and oxygen atoms in total. The molecule has 15 heavy (non-hydrogen) atoms. The molecule has 0 saturated carbocycles. The highest BCUT2D eigenvalue weighted by Crippen LogP contribution is 2.35. The van der Waals surface area contributed by atoms with Gasteiger partial charge in [-0.2, -0.15) is 13.2 Å². The molecule has 1 unspecified atom stereocenters. The first-order valence-electron chi connectivity index (χ1n) is 4.31. The Hall–Kier alpha value is -1.10. The number of hydrogen-bond donors (Lipinski definition) is 0. The van der Waals surface area contributed by atoms with E-state index in [1.807, 2.05) is 0 Å². The van der Waals surface area contributed by atoms with E-state index >= 15 is 0 Å². The van der Waals surface area contributed by atoms with Gasteiger partial charge >= 0.3 is 6.18 Å². The Morgan fingerprint density at radius 2 is 1.53 bits per heavy atom. The number of alkyl halides is 3. The minimum Gasteiger partial charge on any atom is -0.295 e. The van der Waals surface area contributed by atoms with Crippen LogP contribution in [0.25, 0.3) is 0 Å². The highest BCUT2D eigenvalue weighted by molar-refractivity contribution is 5.21. The normalized spacial score (nSPS) is 14.3. The van der Waals surface area contributed by atoms with Crippen LogP contribution in [0.3, 0.4) is 0 Å². The predicted molar refractivity (Wildman–Crippen MR) is 48.9 cm³/mol. The molecule has 1 aromatic carbocycles. The Labute approximate surface area is 85.3 Å². The molecule has 1 atom stereocenters. The van der Waals surface area contributed by atoms with Crippen LogP contribution in [-0.4, -0.2) is 25.2 Å². The van der Waals surface area contributed by atoms with Crippen molar-refractivity contribution in [3.63, 3.8) is 0 Å². The van der Waals surface area contributed by atoms with Gasteiger partial charge in [-0.25, -0.2) is 4.39 Å². The summed E-state index contributed by atoms with van der Waals surface area (Å²) in [5, 5.41) is 0. The Bertz CT molecular complexity index is 315. The molecule has 0 aliphatic heterocycles. The Kier molecular flexibility index (Phi) is 3.34. The van der Waals surface area contributed by atoms with Crippen molar-refractivity contribution in [2.45, 2.75) is 12.2 Å². The highest BCUT2D eigenvalue weighted by atomic mass is 19.4. The summed E-state index contributed by atoms with van der Waals surface area (Å²) in [6, 6.07) is 2.65. The molecule has 5 heteroatoms. The van der Waals surface area contributed by atoms with E-state index in [1.54, 1.807) is 0 Å². The number of hydrogen-bond acceptors (Lipinski definition) is 1. The van der Waals surface area contributed by atoms with Crippen LogP contribution >= 0.6 is 0 Å². The summed E-state index contributed by atoms with van der Waals surface area (Å²) in [4.78, 5) is 1.05. The third-order valence-electron chi connectivity index (χ3n) is 2.01. The van der Waals surface area contributed by atoms with Gasteiger partial charge in [0, 0.05) is 0 Å². The summed E-state index contributed by atoms with van der Waals surface area (Å²) in [5.41, 5.74) is 0.0360. The Morgan fingerprint density at radius 3 is 1.87 bits per heavy atom. The van der Waals surface area contributed by atoms with Crippen molar-refractivity contribution in [1.29, 1.82) is 0 Å². The van der Waals surface area contributed by atoms with Crippen molar-refractivity contribution in [1.82, 2.24) is 4.90 Å². The van der Waals surface area contributed by atoms with Crippen molar-refractivity contribution >= 4 is 0 Å². The fraction of sp³-hybridized carbons (Fsp3) is 0.400. The van der Waals surface area contributed by atoms with Gasteiger partial charge in [0.2, 0.25) is 0 Å². The SMILES string of the molecule is CN(C)C(c1ccc(F)cc1)C(F)(F)F. The van der Waals surface area contributed by atoms with Crippen LogP contribution in [0.2, 0.25) is 0 Å². The zero-order valence-corrected chi connectivity index (χ0v) is 8.35. The van der Waals surface area contributed by atoms with Crippen LogP contribution in [-0.2, 0) is 0 Å². The molecule has 84 valence electrons. The molecule has 1 aromatic rings. The van der Waals surface area contributed by atoms with E-state index in [0.29, 0.717) is 0 Å². The second-order valence-corrected chi connectivity index (χ2v) is 3.46. The average Bonchev–Trinajstić information content (AvgIpc) is 2.05. The molecule has 0 bridgehead atoms. The topological polar surface area (TPSA) is 3.24 Å². The average molecular weight is 221 g/mol. The molecule has 1 rings (SSSR count). The molecule has 0 spiro atoms. The summed E-state index contributed by atoms with van der Waals surface area (Å²) in [5.74, 6) is -0.543. The van der Waals surface area contributed by atoms with Crippen LogP contribution in [0.5, 0.6) is 0 Å². The lowest BCUT2D eigenvalue weighted by molar-refractivity contribution is -0.179. The van der Waals surface area contributed by atoms with Gasteiger partial charge in [-0.15, -0.1) is 0 Å². The minimum absolute atomic E-state index is 0.0360. The summed E-state index contributed by atoms with van der Waals surface area (Å²) in [6.07, 6.45) is -4.36. The van der Waals surface area contributed by atoms with E-state index in [1.165, 1.54) is 14.1 Å². The van der Waals surface area contributed by atoms with Crippen LogP contribution in [0.1, 0.15) is 11.6 Å². The summed E-state index contributed by atoms with van der Waals surface area (Å²) < 4.78 is 50.4. The van der Waals surface area contributed by atoms with Gasteiger partial charge in [-0.1, -0.05) is 12.1 Å². The van der Waals surface area contributed by atoms with Gasteiger partial charge in [-0.3, -0.25) is 4.90 Å². The monoisotopic (exact) mass is 221 g/mol. The van der Waals surface area contributed by atoms with Crippen LogP contribution in [0.4, 0.5) is 17.6 Å². The first-order valence-corrected chi connectivity index (χ1v) is 4.31. The molecule has 0 N–H and O–H groups in total. The largest absolute Gasteiger partial charge is 0.408 e. The molecule has 0 saturated heterocycles. The number of halogens is 4. The van der Waals surface area contributed by atoms with Crippen molar-refractivity contribution in [2.75, 3.05) is 14.1 Å². The maximum absolute atomic E-state index is 12.6. The smallest absolute Gasteiger partial charge is 0.295 e. The number of rotatable bonds is 2. The number of benzene rings is 1. The lowest BCUT2D eigenvalue weighted by atomic mass is 10.1. The van der Waals surface area contributed by atoms with E-state index in [2.05, 4.69) is 0 Å². The second-order valence-electron chi connectivity index (χ2n) is 3.46. The predicted octanol–water partition coefficient (Wildman–Crippen LogP) is 2.99. The van der Waals surface area contributed by atoms with Crippen molar-refractivity contribution in [3.8, 4) is 0 Å². The van der Waals surface area contributed by atoms with E-state index in [-0.39, 0.29) is 5.56 Å². The number of nitrogens with zero attached hydrogens (tertiary/aromatic N) is 1. The molecule has 0 radical (unpaired) electrons. The van der Waals surface area contributed by atoms with Gasteiger partial charge in [-0.05, 0) is 31.8 Å². The summed E-state index contributed by atoms with van der Waals surface area (Å²) >= 11 is 0. The third-order valence-corrected chi connectivity index (χ3v) is 2.01. The summed E-state index contributed by atoms with van der Waals surface area (Å²) in [7, 11) is 2.67. The molecule has 0 amide bonds. The van der Waals surface area contributed by atoms with Crippen LogP contribution in [0.15, 0.2) is 24.3 Å². The van der Waals surface area contributed by atoms with Crippen LogP contribution in [0, 0.1) is 5.82 Å². The molecule has 0 heterocycles. The lowest BCUT2D eigenvalue weighted by Gasteiger charge is -2.26. The fourth-order valence-electron chi connectivity index (χ4n) is 1.42. The molecular weight excluding hydrogens is 210 g/mol.